The topological polar surface area (TPSA) is 90.7 Å². The summed E-state index contributed by atoms with van der Waals surface area (Å²) in [6.45, 7) is 3.97. The van der Waals surface area contributed by atoms with Gasteiger partial charge in [0.15, 0.2) is 5.78 Å². The predicted octanol–water partition coefficient (Wildman–Crippen LogP) is 2.87. The van der Waals surface area contributed by atoms with Crippen molar-refractivity contribution in [3.8, 4) is 0 Å². The van der Waals surface area contributed by atoms with E-state index in [1.165, 1.54) is 21.9 Å². The van der Waals surface area contributed by atoms with Gasteiger partial charge < -0.3 is 14.4 Å². The molecule has 1 aliphatic heterocycles. The smallest absolute Gasteiger partial charge is 0.410 e. The van der Waals surface area contributed by atoms with Gasteiger partial charge in [-0.15, -0.1) is 11.3 Å². The number of likely N-dealkylation sites (tertiary alicyclic amines) is 1. The van der Waals surface area contributed by atoms with Crippen molar-refractivity contribution in [2.75, 3.05) is 20.3 Å². The van der Waals surface area contributed by atoms with Crippen LogP contribution < -0.4 is 5.56 Å². The van der Waals surface area contributed by atoms with Gasteiger partial charge in [-0.25, -0.2) is 9.78 Å². The molecule has 1 aliphatic rings. The molecular weight excluding hydrogens is 418 g/mol. The normalized spacial score (nSPS) is 19.3. The number of carbonyl (C=O) groups is 2. The van der Waals surface area contributed by atoms with Crippen LogP contribution in [0.5, 0.6) is 0 Å². The third-order valence-corrected chi connectivity index (χ3v) is 6.08. The molecule has 2 atom stereocenters. The van der Waals surface area contributed by atoms with E-state index in [2.05, 4.69) is 11.6 Å². The first-order chi connectivity index (χ1) is 13.9. The fourth-order valence-corrected chi connectivity index (χ4v) is 4.62. The van der Waals surface area contributed by atoms with Gasteiger partial charge in [0.2, 0.25) is 0 Å². The third-order valence-electron chi connectivity index (χ3n) is 4.84. The summed E-state index contributed by atoms with van der Waals surface area (Å²) in [5, 5.41) is 0. The number of aromatic nitrogens is 2. The van der Waals surface area contributed by atoms with Crippen molar-refractivity contribution in [3.63, 3.8) is 0 Å². The first kappa shape index (κ1) is 21.5. The van der Waals surface area contributed by atoms with Crippen LogP contribution in [0.3, 0.4) is 0 Å². The largest absolute Gasteiger partial charge is 0.445 e. The van der Waals surface area contributed by atoms with E-state index in [4.69, 9.17) is 21.1 Å². The summed E-state index contributed by atoms with van der Waals surface area (Å²) >= 11 is 7.08. The molecule has 0 bridgehead atoms. The minimum atomic E-state index is -0.502. The second-order valence-corrected chi connectivity index (χ2v) is 8.41. The fourth-order valence-electron chi connectivity index (χ4n) is 3.49. The van der Waals surface area contributed by atoms with E-state index < -0.39 is 12.1 Å². The molecule has 3 rings (SSSR count). The Balaban J connectivity index is 1.75. The summed E-state index contributed by atoms with van der Waals surface area (Å²) in [4.78, 5) is 43.4. The van der Waals surface area contributed by atoms with Crippen LogP contribution in [0.25, 0.3) is 10.2 Å². The van der Waals surface area contributed by atoms with Crippen molar-refractivity contribution in [1.29, 1.82) is 0 Å². The standard InChI is InChI=1S/C19H22ClN3O5S/c1-3-7-28-19(26)23-6-4-5-15(27-2)14(23)8-12(24)10-22-11-21-13-9-16(20)29-17(13)18(22)25/h3,9,11,14-15H,1,4-8,10H2,2H3/t14-,15+/m0/s1. The molecule has 0 spiro atoms. The Labute approximate surface area is 176 Å². The molecule has 8 nitrogen and oxygen atoms in total. The molecule has 0 aliphatic carbocycles. The number of ether oxygens (including phenoxy) is 2. The number of methoxy groups -OCH3 is 1. The van der Waals surface area contributed by atoms with E-state index in [0.29, 0.717) is 21.1 Å². The zero-order chi connectivity index (χ0) is 21.0. The van der Waals surface area contributed by atoms with Crippen LogP contribution >= 0.6 is 22.9 Å². The summed E-state index contributed by atoms with van der Waals surface area (Å²) < 4.78 is 12.8. The highest BCUT2D eigenvalue weighted by Crippen LogP contribution is 2.26. The number of halogens is 1. The zero-order valence-corrected chi connectivity index (χ0v) is 17.6. The molecule has 156 valence electrons. The van der Waals surface area contributed by atoms with Gasteiger partial charge in [-0.2, -0.15) is 0 Å². The number of hydrogen-bond donors (Lipinski definition) is 0. The Morgan fingerprint density at radius 1 is 1.48 bits per heavy atom. The lowest BCUT2D eigenvalue weighted by atomic mass is 9.94. The molecule has 0 N–H and O–H groups in total. The maximum absolute atomic E-state index is 12.8. The molecule has 29 heavy (non-hydrogen) atoms. The highest BCUT2D eigenvalue weighted by molar-refractivity contribution is 7.22. The Bertz CT molecular complexity index is 972. The minimum absolute atomic E-state index is 0.0529. The summed E-state index contributed by atoms with van der Waals surface area (Å²) in [5.41, 5.74) is 0.200. The molecule has 0 saturated carbocycles. The van der Waals surface area contributed by atoms with Gasteiger partial charge in [0.25, 0.3) is 5.56 Å². The highest BCUT2D eigenvalue weighted by atomic mass is 35.5. The Morgan fingerprint density at radius 2 is 2.28 bits per heavy atom. The van der Waals surface area contributed by atoms with E-state index >= 15 is 0 Å². The molecule has 0 aromatic carbocycles. The average molecular weight is 440 g/mol. The number of Topliss-reactive ketones (excluding diaryl/α,β-unsaturated/α-hetero) is 1. The molecule has 3 heterocycles. The van der Waals surface area contributed by atoms with Crippen LogP contribution in [-0.2, 0) is 20.8 Å². The molecular formula is C19H22ClN3O5S. The predicted molar refractivity (Wildman–Crippen MR) is 111 cm³/mol. The van der Waals surface area contributed by atoms with Crippen molar-refractivity contribution in [1.82, 2.24) is 14.5 Å². The fraction of sp³-hybridized carbons (Fsp3) is 0.474. The summed E-state index contributed by atoms with van der Waals surface area (Å²) in [6, 6.07) is 1.16. The summed E-state index contributed by atoms with van der Waals surface area (Å²) in [5.74, 6) is -0.202. The zero-order valence-electron chi connectivity index (χ0n) is 16.0. The lowest BCUT2D eigenvalue weighted by Crippen LogP contribution is -2.53. The first-order valence-electron chi connectivity index (χ1n) is 9.18. The van der Waals surface area contributed by atoms with E-state index in [9.17, 15) is 14.4 Å². The van der Waals surface area contributed by atoms with Crippen molar-refractivity contribution in [2.45, 2.75) is 38.0 Å². The van der Waals surface area contributed by atoms with Crippen LogP contribution in [0.4, 0.5) is 4.79 Å². The van der Waals surface area contributed by atoms with E-state index in [0.717, 1.165) is 24.2 Å². The number of carbonyl (C=O) groups excluding carboxylic acids is 2. The van der Waals surface area contributed by atoms with Gasteiger partial charge in [0, 0.05) is 20.1 Å². The summed E-state index contributed by atoms with van der Waals surface area (Å²) in [6.07, 6.45) is 3.60. The van der Waals surface area contributed by atoms with E-state index in [1.807, 2.05) is 0 Å². The monoisotopic (exact) mass is 439 g/mol. The second kappa shape index (κ2) is 9.51. The third kappa shape index (κ3) is 4.85. The minimum Gasteiger partial charge on any atom is -0.445 e. The first-order valence-corrected chi connectivity index (χ1v) is 10.4. The lowest BCUT2D eigenvalue weighted by Gasteiger charge is -2.39. The Kier molecular flexibility index (Phi) is 7.05. The van der Waals surface area contributed by atoms with Gasteiger partial charge in [0.05, 0.1) is 34.9 Å². The molecule has 10 heteroatoms. The van der Waals surface area contributed by atoms with E-state index in [1.54, 1.807) is 13.2 Å². The molecule has 0 radical (unpaired) electrons. The van der Waals surface area contributed by atoms with Crippen LogP contribution in [0, 0.1) is 0 Å². The molecule has 1 amide bonds. The van der Waals surface area contributed by atoms with Gasteiger partial charge in [0.1, 0.15) is 11.3 Å². The van der Waals surface area contributed by atoms with Gasteiger partial charge in [-0.3, -0.25) is 14.2 Å². The summed E-state index contributed by atoms with van der Waals surface area (Å²) in [7, 11) is 1.56. The molecule has 0 unspecified atom stereocenters. The molecule has 2 aromatic rings. The Hall–Kier alpha value is -2.23. The maximum atomic E-state index is 12.8. The van der Waals surface area contributed by atoms with Crippen molar-refractivity contribution in [2.24, 2.45) is 0 Å². The van der Waals surface area contributed by atoms with Crippen LogP contribution in [0.15, 0.2) is 29.8 Å². The van der Waals surface area contributed by atoms with Crippen molar-refractivity contribution >= 4 is 45.0 Å². The number of piperidine rings is 1. The lowest BCUT2D eigenvalue weighted by molar-refractivity contribution is -0.122. The molecule has 1 fully saturated rings. The number of nitrogens with zero attached hydrogens (tertiary/aromatic N) is 3. The number of hydrogen-bond acceptors (Lipinski definition) is 7. The van der Waals surface area contributed by atoms with Crippen molar-refractivity contribution < 1.29 is 19.1 Å². The Morgan fingerprint density at radius 3 is 3.00 bits per heavy atom. The SMILES string of the molecule is C=CCOC(=O)N1CCC[C@@H](OC)[C@@H]1CC(=O)Cn1cnc2cc(Cl)sc2c1=O. The number of ketones is 1. The average Bonchev–Trinajstić information content (AvgIpc) is 3.09. The van der Waals surface area contributed by atoms with Crippen LogP contribution in [0.1, 0.15) is 19.3 Å². The van der Waals surface area contributed by atoms with Crippen LogP contribution in [0.2, 0.25) is 4.34 Å². The quantitative estimate of drug-likeness (QED) is 0.616. The van der Waals surface area contributed by atoms with Gasteiger partial charge in [-0.05, 0) is 18.9 Å². The number of rotatable bonds is 7. The molecule has 2 aromatic heterocycles. The maximum Gasteiger partial charge on any atom is 0.410 e. The van der Waals surface area contributed by atoms with Gasteiger partial charge >= 0.3 is 6.09 Å². The number of fused-ring (bicyclic) bond motifs is 1. The second-order valence-electron chi connectivity index (χ2n) is 6.73. The van der Waals surface area contributed by atoms with E-state index in [-0.39, 0.29) is 37.0 Å². The van der Waals surface area contributed by atoms with Gasteiger partial charge in [-0.1, -0.05) is 24.3 Å². The molecule has 1 saturated heterocycles. The van der Waals surface area contributed by atoms with Crippen LogP contribution in [-0.4, -0.2) is 58.7 Å². The number of thiophene rings is 1. The van der Waals surface area contributed by atoms with Crippen molar-refractivity contribution in [3.05, 3.63) is 39.7 Å². The highest BCUT2D eigenvalue weighted by Gasteiger charge is 2.36. The number of amides is 1.